The number of nitrogens with zero attached hydrogens (tertiary/aromatic N) is 2. The fourth-order valence-corrected chi connectivity index (χ4v) is 5.36. The topological polar surface area (TPSA) is 80.8 Å². The van der Waals surface area contributed by atoms with Crippen molar-refractivity contribution in [3.63, 3.8) is 0 Å². The molecule has 150 valence electrons. The lowest BCUT2D eigenvalue weighted by Gasteiger charge is -2.23. The fourth-order valence-electron chi connectivity index (χ4n) is 4.65. The fraction of sp³-hybridized carbons (Fsp3) is 0.381. The molecule has 3 aliphatic heterocycles. The average Bonchev–Trinajstić information content (AvgIpc) is 3.49. The monoisotopic (exact) mass is 411 g/mol. The maximum atomic E-state index is 13.1. The maximum absolute atomic E-state index is 13.1. The number of hydrogen-bond acceptors (Lipinski definition) is 6. The summed E-state index contributed by atoms with van der Waals surface area (Å²) >= 11 is 1.35. The lowest BCUT2D eigenvalue weighted by atomic mass is 9.77. The van der Waals surface area contributed by atoms with Gasteiger partial charge in [-0.25, -0.2) is 4.98 Å². The van der Waals surface area contributed by atoms with Crippen molar-refractivity contribution >= 4 is 28.3 Å². The van der Waals surface area contributed by atoms with Crippen LogP contribution in [0.4, 0.5) is 5.13 Å². The van der Waals surface area contributed by atoms with E-state index >= 15 is 0 Å². The van der Waals surface area contributed by atoms with Crippen LogP contribution in [0.15, 0.2) is 41.8 Å². The van der Waals surface area contributed by atoms with E-state index in [1.807, 2.05) is 48.7 Å². The zero-order valence-corrected chi connectivity index (χ0v) is 16.9. The Bertz CT molecular complexity index is 1020. The van der Waals surface area contributed by atoms with Crippen molar-refractivity contribution in [3.05, 3.63) is 41.8 Å². The summed E-state index contributed by atoms with van der Waals surface area (Å²) in [4.78, 5) is 32.2. The highest BCUT2D eigenvalue weighted by Gasteiger charge is 2.66. The Hall–Kier alpha value is -2.71. The number of rotatable bonds is 5. The number of thiazole rings is 1. The van der Waals surface area contributed by atoms with E-state index < -0.39 is 17.4 Å². The summed E-state index contributed by atoms with van der Waals surface area (Å²) in [7, 11) is 1.62. The smallest absolute Gasteiger partial charge is 0.233 e. The third-order valence-corrected chi connectivity index (χ3v) is 6.74. The Morgan fingerprint density at radius 1 is 1.45 bits per heavy atom. The number of carbonyl (C=O) groups excluding carboxylic acids is 2. The number of likely N-dealkylation sites (N-methyl/N-ethyl adjacent to an activating group) is 1. The first-order valence-electron chi connectivity index (χ1n) is 9.62. The average molecular weight is 411 g/mol. The van der Waals surface area contributed by atoms with Gasteiger partial charge in [-0.15, -0.1) is 11.3 Å². The number of carbonyl (C=O) groups is 2. The molecule has 1 aromatic carbocycles. The van der Waals surface area contributed by atoms with Crippen LogP contribution >= 0.6 is 11.3 Å². The first kappa shape index (κ1) is 18.3. The van der Waals surface area contributed by atoms with Crippen molar-refractivity contribution in [2.75, 3.05) is 25.5 Å². The molecule has 2 saturated heterocycles. The number of benzene rings is 1. The molecular weight excluding hydrogens is 390 g/mol. The largest absolute Gasteiger partial charge is 0.496 e. The van der Waals surface area contributed by atoms with Crippen molar-refractivity contribution in [2.24, 2.45) is 11.8 Å². The Labute approximate surface area is 172 Å². The molecule has 2 bridgehead atoms. The van der Waals surface area contributed by atoms with Gasteiger partial charge in [0.2, 0.25) is 11.8 Å². The molecule has 0 aliphatic carbocycles. The van der Waals surface area contributed by atoms with Gasteiger partial charge < -0.3 is 19.7 Å². The highest BCUT2D eigenvalue weighted by Crippen LogP contribution is 2.52. The van der Waals surface area contributed by atoms with E-state index in [2.05, 4.69) is 10.3 Å². The summed E-state index contributed by atoms with van der Waals surface area (Å²) < 4.78 is 11.5. The summed E-state index contributed by atoms with van der Waals surface area (Å²) in [5.41, 5.74) is 0.935. The number of ether oxygens (including phenoxy) is 2. The van der Waals surface area contributed by atoms with Crippen LogP contribution in [-0.2, 0) is 14.3 Å². The summed E-state index contributed by atoms with van der Waals surface area (Å²) in [5, 5.41) is 5.28. The van der Waals surface area contributed by atoms with Gasteiger partial charge in [0.05, 0.1) is 37.3 Å². The molecule has 1 spiro atoms. The Kier molecular flexibility index (Phi) is 4.22. The predicted octanol–water partition coefficient (Wildman–Crippen LogP) is 2.56. The molecular formula is C21H21N3O4S. The van der Waals surface area contributed by atoms with Gasteiger partial charge in [-0.3, -0.25) is 9.59 Å². The van der Waals surface area contributed by atoms with Crippen molar-refractivity contribution < 1.29 is 19.1 Å². The highest BCUT2D eigenvalue weighted by molar-refractivity contribution is 7.14. The molecule has 0 unspecified atom stereocenters. The Morgan fingerprint density at radius 3 is 3.07 bits per heavy atom. The molecule has 2 amide bonds. The quantitative estimate of drug-likeness (QED) is 0.765. The van der Waals surface area contributed by atoms with E-state index in [1.165, 1.54) is 11.3 Å². The highest BCUT2D eigenvalue weighted by atomic mass is 32.1. The van der Waals surface area contributed by atoms with Gasteiger partial charge in [-0.1, -0.05) is 24.3 Å². The van der Waals surface area contributed by atoms with Crippen LogP contribution in [0.1, 0.15) is 6.92 Å². The number of aromatic nitrogens is 1. The van der Waals surface area contributed by atoms with Gasteiger partial charge in [-0.2, -0.15) is 0 Å². The van der Waals surface area contributed by atoms with E-state index in [-0.39, 0.29) is 17.9 Å². The zero-order valence-electron chi connectivity index (χ0n) is 16.1. The number of hydrogen-bond donors (Lipinski definition) is 1. The molecule has 3 aliphatic rings. The summed E-state index contributed by atoms with van der Waals surface area (Å²) in [5.74, 6) is -0.513. The molecule has 4 heterocycles. The second kappa shape index (κ2) is 6.67. The first-order valence-corrected chi connectivity index (χ1v) is 10.5. The molecule has 2 aromatic rings. The minimum atomic E-state index is -0.661. The van der Waals surface area contributed by atoms with Crippen molar-refractivity contribution in [2.45, 2.75) is 18.6 Å². The molecule has 1 N–H and O–H groups in total. The normalized spacial score (nSPS) is 29.4. The minimum absolute atomic E-state index is 0.00616. The summed E-state index contributed by atoms with van der Waals surface area (Å²) in [6.07, 6.45) is 3.51. The second-order valence-electron chi connectivity index (χ2n) is 7.48. The van der Waals surface area contributed by atoms with Crippen molar-refractivity contribution in [1.29, 1.82) is 0 Å². The summed E-state index contributed by atoms with van der Waals surface area (Å²) in [6.45, 7) is 3.07. The van der Waals surface area contributed by atoms with Crippen LogP contribution in [0.25, 0.3) is 11.3 Å². The molecule has 8 heteroatoms. The number of methoxy groups -OCH3 is 1. The summed E-state index contributed by atoms with van der Waals surface area (Å²) in [6, 6.07) is 7.61. The Morgan fingerprint density at radius 2 is 2.28 bits per heavy atom. The minimum Gasteiger partial charge on any atom is -0.496 e. The first-order chi connectivity index (χ1) is 14.1. The molecule has 5 rings (SSSR count). The van der Waals surface area contributed by atoms with Crippen LogP contribution in [0, 0.1) is 11.8 Å². The number of nitrogens with one attached hydrogen (secondary N) is 1. The van der Waals surface area contributed by atoms with E-state index in [0.29, 0.717) is 18.2 Å². The molecule has 0 saturated carbocycles. The third kappa shape index (κ3) is 2.70. The maximum Gasteiger partial charge on any atom is 0.233 e. The Balaban J connectivity index is 1.37. The van der Waals surface area contributed by atoms with Gasteiger partial charge in [0.1, 0.15) is 11.4 Å². The van der Waals surface area contributed by atoms with E-state index in [9.17, 15) is 9.59 Å². The lowest BCUT2D eigenvalue weighted by Crippen LogP contribution is -2.41. The molecule has 7 nitrogen and oxygen atoms in total. The number of amides is 2. The predicted molar refractivity (Wildman–Crippen MR) is 109 cm³/mol. The van der Waals surface area contributed by atoms with Gasteiger partial charge in [0.25, 0.3) is 0 Å². The molecule has 0 radical (unpaired) electrons. The number of likely N-dealkylation sites (tertiary alicyclic amines) is 1. The van der Waals surface area contributed by atoms with E-state index in [0.717, 1.165) is 17.0 Å². The van der Waals surface area contributed by atoms with Crippen LogP contribution < -0.4 is 10.1 Å². The number of anilines is 1. The van der Waals surface area contributed by atoms with Gasteiger partial charge >= 0.3 is 0 Å². The molecule has 2 fully saturated rings. The van der Waals surface area contributed by atoms with Gasteiger partial charge in [0.15, 0.2) is 5.13 Å². The van der Waals surface area contributed by atoms with Crippen LogP contribution in [0.3, 0.4) is 0 Å². The number of para-hydroxylation sites is 1. The van der Waals surface area contributed by atoms with Crippen LogP contribution in [0.2, 0.25) is 0 Å². The van der Waals surface area contributed by atoms with Crippen molar-refractivity contribution in [1.82, 2.24) is 9.88 Å². The molecule has 1 aromatic heterocycles. The van der Waals surface area contributed by atoms with Gasteiger partial charge in [0, 0.05) is 17.5 Å². The third-order valence-electron chi connectivity index (χ3n) is 5.98. The molecule has 4 atom stereocenters. The van der Waals surface area contributed by atoms with Crippen molar-refractivity contribution in [3.8, 4) is 17.0 Å². The standard InChI is InChI=1S/C21H21N3O4S/c1-3-24-11-21-9-8-15(28-21)16(17(21)19(24)26)18(25)23-20-22-13(10-29-20)12-6-4-5-7-14(12)27-2/h4-10,15-17H,3,11H2,1-2H3,(H,22,23,25)/t15-,16-,17-,21-/m1/s1. The number of fused-ring (bicyclic) bond motifs is 1. The molecule has 29 heavy (non-hydrogen) atoms. The zero-order chi connectivity index (χ0) is 20.2. The van der Waals surface area contributed by atoms with Crippen LogP contribution in [-0.4, -0.2) is 53.6 Å². The van der Waals surface area contributed by atoms with E-state index in [1.54, 1.807) is 12.0 Å². The van der Waals surface area contributed by atoms with Crippen LogP contribution in [0.5, 0.6) is 5.75 Å². The van der Waals surface area contributed by atoms with E-state index in [4.69, 9.17) is 9.47 Å². The second-order valence-corrected chi connectivity index (χ2v) is 8.34. The SMILES string of the molecule is CCN1C[C@@]23C=C[C@@H](O2)[C@@H](C(=O)Nc2nc(-c4ccccc4OC)cs2)[C@@H]3C1=O. The van der Waals surface area contributed by atoms with Gasteiger partial charge in [-0.05, 0) is 19.1 Å². The lowest BCUT2D eigenvalue weighted by molar-refractivity contribution is -0.135.